The Hall–Kier alpha value is -2.82. The van der Waals surface area contributed by atoms with Gasteiger partial charge in [-0.3, -0.25) is 9.59 Å². The molecule has 0 aromatic heterocycles. The van der Waals surface area contributed by atoms with Gasteiger partial charge in [0.05, 0.1) is 0 Å². The molecule has 0 spiro atoms. The van der Waals surface area contributed by atoms with Crippen LogP contribution >= 0.6 is 0 Å². The standard InChI is InChI=1S/C19H22N2O3/c1-19(2,3)18(23)21-15-10-7-11-16(12-15)24-13-17(22)20-14-8-5-4-6-9-14/h4-12H,13H2,1-3H3,(H,20,22)(H,21,23). The molecule has 0 atom stereocenters. The summed E-state index contributed by atoms with van der Waals surface area (Å²) in [6, 6.07) is 16.2. The number of carbonyl (C=O) groups excluding carboxylic acids is 2. The van der Waals surface area contributed by atoms with Gasteiger partial charge in [-0.15, -0.1) is 0 Å². The van der Waals surface area contributed by atoms with Crippen molar-refractivity contribution in [2.75, 3.05) is 17.2 Å². The Bertz CT molecular complexity index is 706. The predicted octanol–water partition coefficient (Wildman–Crippen LogP) is 3.69. The van der Waals surface area contributed by atoms with Crippen LogP contribution in [0.5, 0.6) is 5.75 Å². The largest absolute Gasteiger partial charge is 0.484 e. The molecule has 2 aromatic carbocycles. The molecule has 5 nitrogen and oxygen atoms in total. The van der Waals surface area contributed by atoms with Gasteiger partial charge >= 0.3 is 0 Å². The van der Waals surface area contributed by atoms with Gasteiger partial charge in [0, 0.05) is 22.9 Å². The molecule has 5 heteroatoms. The number of carbonyl (C=O) groups is 2. The van der Waals surface area contributed by atoms with E-state index in [0.717, 1.165) is 5.69 Å². The second-order valence-corrected chi connectivity index (χ2v) is 6.43. The predicted molar refractivity (Wildman–Crippen MR) is 95.1 cm³/mol. The van der Waals surface area contributed by atoms with E-state index in [0.29, 0.717) is 11.4 Å². The lowest BCUT2D eigenvalue weighted by Gasteiger charge is -2.18. The number of rotatable bonds is 5. The monoisotopic (exact) mass is 326 g/mol. The molecule has 2 N–H and O–H groups in total. The Kier molecular flexibility index (Phi) is 5.58. The lowest BCUT2D eigenvalue weighted by molar-refractivity contribution is -0.123. The molecule has 0 bridgehead atoms. The second kappa shape index (κ2) is 7.64. The van der Waals surface area contributed by atoms with Crippen molar-refractivity contribution in [3.8, 4) is 5.75 Å². The maximum atomic E-state index is 12.0. The van der Waals surface area contributed by atoms with E-state index in [1.807, 2.05) is 39.0 Å². The van der Waals surface area contributed by atoms with Crippen molar-refractivity contribution in [1.29, 1.82) is 0 Å². The van der Waals surface area contributed by atoms with Crippen LogP contribution in [0.2, 0.25) is 0 Å². The SMILES string of the molecule is CC(C)(C)C(=O)Nc1cccc(OCC(=O)Nc2ccccc2)c1. The van der Waals surface area contributed by atoms with E-state index in [9.17, 15) is 9.59 Å². The first-order valence-electron chi connectivity index (χ1n) is 7.74. The molecule has 0 radical (unpaired) electrons. The number of benzene rings is 2. The fourth-order valence-electron chi connectivity index (χ4n) is 1.85. The number of hydrogen-bond acceptors (Lipinski definition) is 3. The number of hydrogen-bond donors (Lipinski definition) is 2. The van der Waals surface area contributed by atoms with Crippen LogP contribution in [0.4, 0.5) is 11.4 Å². The quantitative estimate of drug-likeness (QED) is 0.880. The van der Waals surface area contributed by atoms with Gasteiger partial charge < -0.3 is 15.4 Å². The zero-order valence-electron chi connectivity index (χ0n) is 14.1. The lowest BCUT2D eigenvalue weighted by atomic mass is 9.95. The summed E-state index contributed by atoms with van der Waals surface area (Å²) in [5.41, 5.74) is 0.875. The highest BCUT2D eigenvalue weighted by atomic mass is 16.5. The smallest absolute Gasteiger partial charge is 0.262 e. The van der Waals surface area contributed by atoms with Crippen LogP contribution in [0.1, 0.15) is 20.8 Å². The molecular formula is C19H22N2O3. The molecular weight excluding hydrogens is 304 g/mol. The van der Waals surface area contributed by atoms with Gasteiger partial charge in [0.15, 0.2) is 6.61 Å². The van der Waals surface area contributed by atoms with Gasteiger partial charge in [-0.25, -0.2) is 0 Å². The summed E-state index contributed by atoms with van der Waals surface area (Å²) in [5.74, 6) is 0.191. The Labute approximate surface area is 142 Å². The average molecular weight is 326 g/mol. The van der Waals surface area contributed by atoms with Crippen molar-refractivity contribution in [3.05, 3.63) is 54.6 Å². The normalized spacial score (nSPS) is 10.8. The number of anilines is 2. The summed E-state index contributed by atoms with van der Waals surface area (Å²) in [6.45, 7) is 5.43. The Morgan fingerprint density at radius 3 is 2.25 bits per heavy atom. The van der Waals surface area contributed by atoms with E-state index in [4.69, 9.17) is 4.74 Å². The summed E-state index contributed by atoms with van der Waals surface area (Å²) in [4.78, 5) is 23.9. The molecule has 126 valence electrons. The molecule has 2 aromatic rings. The van der Waals surface area contributed by atoms with Crippen molar-refractivity contribution in [1.82, 2.24) is 0 Å². The van der Waals surface area contributed by atoms with Gasteiger partial charge in [0.2, 0.25) is 5.91 Å². The molecule has 0 saturated carbocycles. The topological polar surface area (TPSA) is 67.4 Å². The molecule has 0 aliphatic rings. The van der Waals surface area contributed by atoms with Crippen LogP contribution in [-0.4, -0.2) is 18.4 Å². The Morgan fingerprint density at radius 2 is 1.58 bits per heavy atom. The third-order valence-electron chi connectivity index (χ3n) is 3.20. The summed E-state index contributed by atoms with van der Waals surface area (Å²) in [5, 5.41) is 5.58. The molecule has 24 heavy (non-hydrogen) atoms. The van der Waals surface area contributed by atoms with Crippen molar-refractivity contribution in [2.45, 2.75) is 20.8 Å². The van der Waals surface area contributed by atoms with Crippen LogP contribution in [0, 0.1) is 5.41 Å². The molecule has 0 fully saturated rings. The Balaban J connectivity index is 1.90. The molecule has 2 amide bonds. The van der Waals surface area contributed by atoms with Gasteiger partial charge in [-0.1, -0.05) is 45.0 Å². The second-order valence-electron chi connectivity index (χ2n) is 6.43. The number of amides is 2. The van der Waals surface area contributed by atoms with E-state index < -0.39 is 5.41 Å². The van der Waals surface area contributed by atoms with E-state index in [2.05, 4.69) is 10.6 Å². The maximum absolute atomic E-state index is 12.0. The highest BCUT2D eigenvalue weighted by Gasteiger charge is 2.21. The minimum absolute atomic E-state index is 0.0820. The highest BCUT2D eigenvalue weighted by Crippen LogP contribution is 2.21. The third-order valence-corrected chi connectivity index (χ3v) is 3.20. The maximum Gasteiger partial charge on any atom is 0.262 e. The lowest BCUT2D eigenvalue weighted by Crippen LogP contribution is -2.27. The van der Waals surface area contributed by atoms with Crippen molar-refractivity contribution in [2.24, 2.45) is 5.41 Å². The van der Waals surface area contributed by atoms with E-state index in [-0.39, 0.29) is 18.4 Å². The average Bonchev–Trinajstić information content (AvgIpc) is 2.53. The van der Waals surface area contributed by atoms with Crippen LogP contribution < -0.4 is 15.4 Å². The van der Waals surface area contributed by atoms with Gasteiger partial charge in [-0.2, -0.15) is 0 Å². The van der Waals surface area contributed by atoms with Crippen LogP contribution in [0.15, 0.2) is 54.6 Å². The van der Waals surface area contributed by atoms with Crippen molar-refractivity contribution in [3.63, 3.8) is 0 Å². The highest BCUT2D eigenvalue weighted by molar-refractivity contribution is 5.94. The fraction of sp³-hybridized carbons (Fsp3) is 0.263. The van der Waals surface area contributed by atoms with Crippen molar-refractivity contribution >= 4 is 23.2 Å². The minimum atomic E-state index is -0.480. The minimum Gasteiger partial charge on any atom is -0.484 e. The van der Waals surface area contributed by atoms with Crippen LogP contribution in [-0.2, 0) is 9.59 Å². The van der Waals surface area contributed by atoms with Gasteiger partial charge in [-0.05, 0) is 24.3 Å². The van der Waals surface area contributed by atoms with Gasteiger partial charge in [0.1, 0.15) is 5.75 Å². The molecule has 0 heterocycles. The molecule has 0 aliphatic heterocycles. The van der Waals surface area contributed by atoms with E-state index >= 15 is 0 Å². The third kappa shape index (κ3) is 5.43. The van der Waals surface area contributed by atoms with E-state index in [1.54, 1.807) is 36.4 Å². The van der Waals surface area contributed by atoms with Crippen molar-refractivity contribution < 1.29 is 14.3 Å². The summed E-state index contributed by atoms with van der Waals surface area (Å²) < 4.78 is 5.48. The fourth-order valence-corrected chi connectivity index (χ4v) is 1.85. The summed E-state index contributed by atoms with van der Waals surface area (Å²) in [7, 11) is 0. The summed E-state index contributed by atoms with van der Waals surface area (Å²) >= 11 is 0. The first-order valence-corrected chi connectivity index (χ1v) is 7.74. The molecule has 0 saturated heterocycles. The Morgan fingerprint density at radius 1 is 0.917 bits per heavy atom. The molecule has 0 aliphatic carbocycles. The van der Waals surface area contributed by atoms with Crippen LogP contribution in [0.3, 0.4) is 0 Å². The number of nitrogens with one attached hydrogen (secondary N) is 2. The zero-order chi connectivity index (χ0) is 17.6. The number of para-hydroxylation sites is 1. The molecule has 2 rings (SSSR count). The van der Waals surface area contributed by atoms with Crippen LogP contribution in [0.25, 0.3) is 0 Å². The zero-order valence-corrected chi connectivity index (χ0v) is 14.1. The first-order chi connectivity index (χ1) is 11.3. The first kappa shape index (κ1) is 17.5. The number of ether oxygens (including phenoxy) is 1. The van der Waals surface area contributed by atoms with Gasteiger partial charge in [0.25, 0.3) is 5.91 Å². The molecule has 0 unspecified atom stereocenters. The summed E-state index contributed by atoms with van der Waals surface area (Å²) in [6.07, 6.45) is 0. The van der Waals surface area contributed by atoms with E-state index in [1.165, 1.54) is 0 Å².